The maximum atomic E-state index is 8.70. The van der Waals surface area contributed by atoms with Crippen LogP contribution < -0.4 is 17.3 Å². The quantitative estimate of drug-likeness (QED) is 0.156. The van der Waals surface area contributed by atoms with Crippen molar-refractivity contribution in [3.8, 4) is 0 Å². The Labute approximate surface area is 102 Å². The molecule has 86 valence electrons. The second kappa shape index (κ2) is 24.2. The fourth-order valence-electron chi connectivity index (χ4n) is 0. The van der Waals surface area contributed by atoms with Crippen LogP contribution in [0.2, 0.25) is 0 Å². The summed E-state index contributed by atoms with van der Waals surface area (Å²) < 4.78 is 0. The van der Waals surface area contributed by atoms with Crippen molar-refractivity contribution in [1.82, 2.24) is 0 Å². The molecule has 0 aliphatic rings. The minimum Gasteiger partial charge on any atom is -1.00 e. The molecule has 0 atom stereocenters. The Kier molecular flexibility index (Phi) is 51.3. The molecule has 14 heavy (non-hydrogen) atoms. The molecule has 0 amide bonds. The zero-order valence-electron chi connectivity index (χ0n) is 6.41. The van der Waals surface area contributed by atoms with E-state index in [4.69, 9.17) is 44.0 Å². The topological polar surface area (TPSA) is 185 Å². The van der Waals surface area contributed by atoms with E-state index in [-0.39, 0.29) is 31.9 Å². The van der Waals surface area contributed by atoms with Gasteiger partial charge in [-0.05, 0) is 0 Å². The molecule has 0 aromatic rings. The van der Waals surface area contributed by atoms with Crippen LogP contribution in [-0.4, -0.2) is 39.1 Å². The first-order chi connectivity index (χ1) is 5.20. The summed E-state index contributed by atoms with van der Waals surface area (Å²) in [4.78, 5) is 66.3. The Hall–Kier alpha value is 1.84. The minimum absolute atomic E-state index is 0. The van der Waals surface area contributed by atoms with Crippen molar-refractivity contribution in [3.05, 3.63) is 0 Å². The van der Waals surface area contributed by atoms with Crippen LogP contribution >= 0.6 is 25.8 Å². The standard InChI is InChI=1S/ClH.2H3O3P.H2O3P.Zn/c;3*1-4(2)3;/h1H;2*1-3H;1-2H;/q;;;-1;+2/p-1. The first-order valence-corrected chi connectivity index (χ1v) is 5.35. The zero-order chi connectivity index (χ0) is 10.7. The van der Waals surface area contributed by atoms with Crippen molar-refractivity contribution < 1.29 is 75.9 Å². The van der Waals surface area contributed by atoms with Gasteiger partial charge in [0, 0.05) is 0 Å². The SMILES string of the molecule is OP(O)O.OP(O)O.[Cl-].[O-]P(O)O.[Zn+2]. The minimum atomic E-state index is -2.87. The molecule has 0 aliphatic carbocycles. The van der Waals surface area contributed by atoms with Gasteiger partial charge < -0.3 is 56.4 Å². The summed E-state index contributed by atoms with van der Waals surface area (Å²) in [6.45, 7) is 0. The van der Waals surface area contributed by atoms with Gasteiger partial charge in [0.25, 0.3) is 0 Å². The summed E-state index contributed by atoms with van der Waals surface area (Å²) in [5.74, 6) is 0. The molecule has 0 saturated carbocycles. The van der Waals surface area contributed by atoms with Crippen molar-refractivity contribution >= 4 is 25.8 Å². The molecular weight excluding hydrogens is 338 g/mol. The second-order valence-corrected chi connectivity index (χ2v) is 2.37. The zero-order valence-corrected chi connectivity index (χ0v) is 12.8. The van der Waals surface area contributed by atoms with E-state index in [1.54, 1.807) is 0 Å². The second-order valence-electron chi connectivity index (χ2n) is 0.789. The van der Waals surface area contributed by atoms with Crippen molar-refractivity contribution in [1.29, 1.82) is 0 Å². The van der Waals surface area contributed by atoms with Gasteiger partial charge in [-0.2, -0.15) is 0 Å². The summed E-state index contributed by atoms with van der Waals surface area (Å²) >= 11 is 0. The molecular formula is H8ClO9P3Zn. The maximum absolute atomic E-state index is 8.70. The molecule has 0 radical (unpaired) electrons. The van der Waals surface area contributed by atoms with Crippen LogP contribution in [-0.2, 0) is 19.5 Å². The van der Waals surface area contributed by atoms with E-state index >= 15 is 0 Å². The van der Waals surface area contributed by atoms with Crippen molar-refractivity contribution in [3.63, 3.8) is 0 Å². The Balaban J connectivity index is -0.0000000270. The molecule has 8 N–H and O–H groups in total. The Morgan fingerprint density at radius 1 is 0.643 bits per heavy atom. The summed E-state index contributed by atoms with van der Waals surface area (Å²) in [6, 6.07) is 0. The fraction of sp³-hybridized carbons (Fsp3) is 0. The molecule has 0 fully saturated rings. The summed E-state index contributed by atoms with van der Waals surface area (Å²) in [6.07, 6.45) is 0. The molecule has 9 nitrogen and oxygen atoms in total. The normalized spacial score (nSPS) is 7.71. The predicted octanol–water partition coefficient (Wildman–Crippen LogP) is -6.06. The van der Waals surface area contributed by atoms with Gasteiger partial charge in [0.15, 0.2) is 0 Å². The monoisotopic (exact) mass is 344 g/mol. The van der Waals surface area contributed by atoms with E-state index in [9.17, 15) is 0 Å². The van der Waals surface area contributed by atoms with Crippen LogP contribution in [0.15, 0.2) is 0 Å². The van der Waals surface area contributed by atoms with Crippen LogP contribution in [0.4, 0.5) is 0 Å². The van der Waals surface area contributed by atoms with Gasteiger partial charge >= 0.3 is 36.7 Å². The van der Waals surface area contributed by atoms with Gasteiger partial charge in [-0.15, -0.1) is 0 Å². The summed E-state index contributed by atoms with van der Waals surface area (Å²) in [7, 11) is -8.11. The van der Waals surface area contributed by atoms with Crippen molar-refractivity contribution in [2.75, 3.05) is 0 Å². The van der Waals surface area contributed by atoms with E-state index in [1.165, 1.54) is 0 Å². The third-order valence-corrected chi connectivity index (χ3v) is 0. The van der Waals surface area contributed by atoms with E-state index in [2.05, 4.69) is 0 Å². The number of hydrogen-bond acceptors (Lipinski definition) is 9. The van der Waals surface area contributed by atoms with Crippen LogP contribution in [0.5, 0.6) is 0 Å². The van der Waals surface area contributed by atoms with Crippen LogP contribution in [0.3, 0.4) is 0 Å². The van der Waals surface area contributed by atoms with Crippen LogP contribution in [0.1, 0.15) is 0 Å². The fourth-order valence-corrected chi connectivity index (χ4v) is 0. The van der Waals surface area contributed by atoms with Crippen LogP contribution in [0, 0.1) is 0 Å². The number of halogens is 1. The van der Waals surface area contributed by atoms with E-state index in [0.29, 0.717) is 0 Å². The number of hydrogen-bond donors (Lipinski definition) is 8. The summed E-state index contributed by atoms with van der Waals surface area (Å²) in [5.41, 5.74) is 0. The molecule has 0 aromatic carbocycles. The number of rotatable bonds is 0. The van der Waals surface area contributed by atoms with Gasteiger partial charge in [0.1, 0.15) is 0 Å². The molecule has 0 heterocycles. The Morgan fingerprint density at radius 2 is 0.643 bits per heavy atom. The molecule has 0 aromatic heterocycles. The molecule has 14 heteroatoms. The largest absolute Gasteiger partial charge is 2.00 e. The molecule has 0 aliphatic heterocycles. The predicted molar refractivity (Wildman–Crippen MR) is 38.5 cm³/mol. The molecule has 0 spiro atoms. The van der Waals surface area contributed by atoms with Crippen molar-refractivity contribution in [2.45, 2.75) is 0 Å². The third-order valence-electron chi connectivity index (χ3n) is 0. The van der Waals surface area contributed by atoms with Crippen molar-refractivity contribution in [2.24, 2.45) is 0 Å². The smallest absolute Gasteiger partial charge is 1.00 e. The first kappa shape index (κ1) is 29.7. The molecule has 0 bridgehead atoms. The average molecular weight is 346 g/mol. The van der Waals surface area contributed by atoms with Gasteiger partial charge in [-0.1, -0.05) is 0 Å². The Bertz CT molecular complexity index is 48.5. The van der Waals surface area contributed by atoms with E-state index in [0.717, 1.165) is 0 Å². The van der Waals surface area contributed by atoms with E-state index < -0.39 is 25.8 Å². The Morgan fingerprint density at radius 3 is 0.643 bits per heavy atom. The van der Waals surface area contributed by atoms with Gasteiger partial charge in [-0.25, -0.2) is 0 Å². The van der Waals surface area contributed by atoms with E-state index in [1.807, 2.05) is 0 Å². The summed E-state index contributed by atoms with van der Waals surface area (Å²) in [5, 5.41) is 0. The van der Waals surface area contributed by atoms with Gasteiger partial charge in [0.2, 0.25) is 0 Å². The van der Waals surface area contributed by atoms with Gasteiger partial charge in [-0.3, -0.25) is 0 Å². The van der Waals surface area contributed by atoms with Gasteiger partial charge in [0.05, 0.1) is 8.60 Å². The molecule has 0 rings (SSSR count). The maximum Gasteiger partial charge on any atom is 2.00 e. The first-order valence-electron chi connectivity index (χ1n) is 1.78. The van der Waals surface area contributed by atoms with Crippen LogP contribution in [0.25, 0.3) is 0 Å². The average Bonchev–Trinajstić information content (AvgIpc) is 1.54. The molecule has 0 unspecified atom stereocenters. The third kappa shape index (κ3) is 672. The molecule has 0 saturated heterocycles.